The average Bonchev–Trinajstić information content (AvgIpc) is 2.39. The van der Waals surface area contributed by atoms with Gasteiger partial charge in [-0.3, -0.25) is 0 Å². The fraction of sp³-hybridized carbons (Fsp3) is 0.0769. The van der Waals surface area contributed by atoms with E-state index in [1.165, 1.54) is 12.2 Å². The lowest BCUT2D eigenvalue weighted by Crippen LogP contribution is -2.19. The molecule has 0 unspecified atom stereocenters. The van der Waals surface area contributed by atoms with Crippen molar-refractivity contribution in [3.8, 4) is 0 Å². The zero-order chi connectivity index (χ0) is 15.6. The molecule has 0 radical (unpaired) electrons. The summed E-state index contributed by atoms with van der Waals surface area (Å²) in [5.74, 6) is 0. The van der Waals surface area contributed by atoms with E-state index in [2.05, 4.69) is 4.98 Å². The fourth-order valence-electron chi connectivity index (χ4n) is 1.54. The lowest BCUT2D eigenvalue weighted by molar-refractivity contribution is -0.141. The molecular weight excluding hydrogens is 328 g/mol. The minimum atomic E-state index is -4.65. The Balaban J connectivity index is 2.40. The molecule has 0 aliphatic heterocycles. The summed E-state index contributed by atoms with van der Waals surface area (Å²) in [4.78, 5) is 16.2. The molecule has 0 saturated carbocycles. The van der Waals surface area contributed by atoms with Crippen LogP contribution in [0.2, 0.25) is 10.0 Å². The molecule has 0 spiro atoms. The van der Waals surface area contributed by atoms with Crippen LogP contribution in [0.15, 0.2) is 29.1 Å². The van der Waals surface area contributed by atoms with Gasteiger partial charge < -0.3 is 4.98 Å². The van der Waals surface area contributed by atoms with Crippen LogP contribution in [0.4, 0.5) is 13.2 Å². The third-order valence-corrected chi connectivity index (χ3v) is 3.32. The molecule has 2 rings (SSSR count). The molecule has 1 aromatic carbocycles. The Morgan fingerprint density at radius 2 is 1.90 bits per heavy atom. The molecule has 1 heterocycles. The third-order valence-electron chi connectivity index (χ3n) is 2.48. The average molecular weight is 335 g/mol. The highest BCUT2D eigenvalue weighted by molar-refractivity contribution is 6.42. The summed E-state index contributed by atoms with van der Waals surface area (Å²) >= 11 is 11.8. The summed E-state index contributed by atoms with van der Waals surface area (Å²) in [5, 5.41) is 0.574. The Labute approximate surface area is 127 Å². The smallest absolute Gasteiger partial charge is 0.302 e. The van der Waals surface area contributed by atoms with Crippen molar-refractivity contribution in [2.75, 3.05) is 0 Å². The summed E-state index contributed by atoms with van der Waals surface area (Å²) in [6.07, 6.45) is -1.98. The van der Waals surface area contributed by atoms with Gasteiger partial charge in [0.05, 0.1) is 15.7 Å². The highest BCUT2D eigenvalue weighted by Crippen LogP contribution is 2.28. The predicted octanol–water partition coefficient (Wildman–Crippen LogP) is 4.27. The molecule has 3 nitrogen and oxygen atoms in total. The maximum Gasteiger partial charge on any atom is 0.431 e. The number of benzene rings is 1. The van der Waals surface area contributed by atoms with E-state index < -0.39 is 17.6 Å². The molecule has 0 aliphatic carbocycles. The second-order valence-corrected chi connectivity index (χ2v) is 4.78. The van der Waals surface area contributed by atoms with Gasteiger partial charge >= 0.3 is 11.9 Å². The van der Waals surface area contributed by atoms with Crippen molar-refractivity contribution in [3.63, 3.8) is 0 Å². The van der Waals surface area contributed by atoms with Gasteiger partial charge in [0.15, 0.2) is 0 Å². The van der Waals surface area contributed by atoms with Gasteiger partial charge in [-0.05, 0) is 23.8 Å². The molecule has 0 amide bonds. The van der Waals surface area contributed by atoms with Crippen LogP contribution in [0.3, 0.4) is 0 Å². The van der Waals surface area contributed by atoms with Gasteiger partial charge in [0.2, 0.25) is 0 Å². The Bertz CT molecular complexity index is 754. The first-order valence-electron chi connectivity index (χ1n) is 5.58. The number of nitrogens with zero attached hydrogens (tertiary/aromatic N) is 1. The number of aromatic amines is 1. The molecule has 0 aliphatic rings. The second kappa shape index (κ2) is 5.91. The molecule has 0 atom stereocenters. The van der Waals surface area contributed by atoms with Crippen molar-refractivity contribution in [3.05, 3.63) is 61.7 Å². The Hall–Kier alpha value is -1.79. The summed E-state index contributed by atoms with van der Waals surface area (Å²) < 4.78 is 37.7. The number of halogens is 5. The van der Waals surface area contributed by atoms with Gasteiger partial charge in [0, 0.05) is 0 Å². The van der Waals surface area contributed by atoms with E-state index in [0.29, 0.717) is 10.6 Å². The number of rotatable bonds is 2. The van der Waals surface area contributed by atoms with E-state index in [1.807, 2.05) is 0 Å². The molecule has 0 fully saturated rings. The van der Waals surface area contributed by atoms with Crippen molar-refractivity contribution < 1.29 is 13.2 Å². The summed E-state index contributed by atoms with van der Waals surface area (Å²) in [6, 6.07) is 5.58. The van der Waals surface area contributed by atoms with Crippen molar-refractivity contribution in [2.45, 2.75) is 6.18 Å². The molecule has 2 aromatic rings. The number of alkyl halides is 3. The summed E-state index contributed by atoms with van der Waals surface area (Å²) in [7, 11) is 0. The van der Waals surface area contributed by atoms with Gasteiger partial charge in [-0.15, -0.1) is 0 Å². The summed E-state index contributed by atoms with van der Waals surface area (Å²) in [5.41, 5.74) is -1.89. The lowest BCUT2D eigenvalue weighted by Gasteiger charge is -2.06. The minimum Gasteiger partial charge on any atom is -0.302 e. The predicted molar refractivity (Wildman–Crippen MR) is 75.2 cm³/mol. The van der Waals surface area contributed by atoms with Gasteiger partial charge in [-0.25, -0.2) is 4.79 Å². The Morgan fingerprint density at radius 1 is 1.19 bits per heavy atom. The monoisotopic (exact) mass is 334 g/mol. The molecule has 0 bridgehead atoms. The largest absolute Gasteiger partial charge is 0.431 e. The van der Waals surface area contributed by atoms with Gasteiger partial charge in [-0.1, -0.05) is 41.4 Å². The van der Waals surface area contributed by atoms with Gasteiger partial charge in [0.1, 0.15) is 5.69 Å². The molecule has 8 heteroatoms. The number of H-pyrrole nitrogens is 1. The van der Waals surface area contributed by atoms with Crippen LogP contribution in [-0.2, 0) is 6.18 Å². The molecular formula is C13H7Cl2F3N2O. The van der Waals surface area contributed by atoms with E-state index in [0.717, 1.165) is 6.07 Å². The zero-order valence-electron chi connectivity index (χ0n) is 10.2. The number of hydrogen-bond donors (Lipinski definition) is 1. The van der Waals surface area contributed by atoms with E-state index in [1.54, 1.807) is 23.2 Å². The Morgan fingerprint density at radius 3 is 2.57 bits per heavy atom. The third kappa shape index (κ3) is 3.86. The van der Waals surface area contributed by atoms with Crippen LogP contribution >= 0.6 is 23.2 Å². The fourth-order valence-corrected chi connectivity index (χ4v) is 1.91. The zero-order valence-corrected chi connectivity index (χ0v) is 11.7. The normalized spacial score (nSPS) is 12.0. The second-order valence-electron chi connectivity index (χ2n) is 4.00. The topological polar surface area (TPSA) is 45.8 Å². The summed E-state index contributed by atoms with van der Waals surface area (Å²) in [6.45, 7) is 0. The van der Waals surface area contributed by atoms with Crippen LogP contribution in [0.5, 0.6) is 0 Å². The SMILES string of the molecule is O=c1nc(/C=C/c2cccc(Cl)c2Cl)cc(C(F)(F)F)[nH]1. The highest BCUT2D eigenvalue weighted by Gasteiger charge is 2.32. The highest BCUT2D eigenvalue weighted by atomic mass is 35.5. The maximum absolute atomic E-state index is 12.6. The lowest BCUT2D eigenvalue weighted by atomic mass is 10.2. The number of aromatic nitrogens is 2. The minimum absolute atomic E-state index is 0.137. The number of nitrogens with one attached hydrogen (secondary N) is 1. The molecule has 1 N–H and O–H groups in total. The number of hydrogen-bond acceptors (Lipinski definition) is 2. The Kier molecular flexibility index (Phi) is 4.39. The van der Waals surface area contributed by atoms with E-state index in [9.17, 15) is 18.0 Å². The molecule has 1 aromatic heterocycles. The van der Waals surface area contributed by atoms with Crippen LogP contribution in [0.25, 0.3) is 12.2 Å². The van der Waals surface area contributed by atoms with Gasteiger partial charge in [-0.2, -0.15) is 18.2 Å². The van der Waals surface area contributed by atoms with Crippen molar-refractivity contribution >= 4 is 35.4 Å². The quantitative estimate of drug-likeness (QED) is 0.891. The standard InChI is InChI=1S/C13H7Cl2F3N2O/c14-9-3-1-2-7(11(9)15)4-5-8-6-10(13(16,17)18)20-12(21)19-8/h1-6H,(H,19,20,21)/b5-4+. The van der Waals surface area contributed by atoms with Crippen molar-refractivity contribution in [1.82, 2.24) is 9.97 Å². The first-order valence-corrected chi connectivity index (χ1v) is 6.33. The van der Waals surface area contributed by atoms with Crippen molar-refractivity contribution in [1.29, 1.82) is 0 Å². The maximum atomic E-state index is 12.6. The van der Waals surface area contributed by atoms with Gasteiger partial charge in [0.25, 0.3) is 0 Å². The van der Waals surface area contributed by atoms with E-state index >= 15 is 0 Å². The van der Waals surface area contributed by atoms with Crippen molar-refractivity contribution in [2.24, 2.45) is 0 Å². The van der Waals surface area contributed by atoms with E-state index in [-0.39, 0.29) is 10.7 Å². The van der Waals surface area contributed by atoms with Crippen LogP contribution in [-0.4, -0.2) is 9.97 Å². The molecule has 21 heavy (non-hydrogen) atoms. The van der Waals surface area contributed by atoms with Crippen LogP contribution in [0.1, 0.15) is 17.0 Å². The first-order chi connectivity index (χ1) is 9.77. The van der Waals surface area contributed by atoms with Crippen LogP contribution < -0.4 is 5.69 Å². The molecule has 110 valence electrons. The molecule has 0 saturated heterocycles. The van der Waals surface area contributed by atoms with Crippen LogP contribution in [0, 0.1) is 0 Å². The van der Waals surface area contributed by atoms with E-state index in [4.69, 9.17) is 23.2 Å². The first kappa shape index (κ1) is 15.6.